The van der Waals surface area contributed by atoms with Crippen LogP contribution in [-0.4, -0.2) is 44.4 Å². The molecule has 0 atom stereocenters. The second kappa shape index (κ2) is 10.1. The van der Waals surface area contributed by atoms with E-state index < -0.39 is 0 Å². The number of hydrogen-bond acceptors (Lipinski definition) is 4. The summed E-state index contributed by atoms with van der Waals surface area (Å²) in [6.07, 6.45) is 2.24. The van der Waals surface area contributed by atoms with Crippen molar-refractivity contribution in [3.8, 4) is 11.5 Å². The van der Waals surface area contributed by atoms with Gasteiger partial charge in [-0.2, -0.15) is 0 Å². The van der Waals surface area contributed by atoms with Gasteiger partial charge in [-0.3, -0.25) is 4.90 Å². The lowest BCUT2D eigenvalue weighted by atomic mass is 10.2. The van der Waals surface area contributed by atoms with Crippen LogP contribution in [0, 0.1) is 0 Å². The van der Waals surface area contributed by atoms with Crippen LogP contribution in [0.15, 0.2) is 54.6 Å². The Labute approximate surface area is 150 Å². The smallest absolute Gasteiger partial charge is 0.120 e. The molecule has 0 spiro atoms. The standard InChI is InChI=1S/C21H27NO3/c1-2-6-19(7-3-1)18-25-21-10-8-20(9-11-21)24-15-5-4-12-22-13-16-23-17-14-22/h1-3,6-11H,4-5,12-18H2. The molecule has 1 saturated heterocycles. The third kappa shape index (κ3) is 6.40. The Morgan fingerprint density at radius 2 is 1.48 bits per heavy atom. The molecule has 1 aliphatic rings. The number of benzene rings is 2. The van der Waals surface area contributed by atoms with Gasteiger partial charge in [-0.25, -0.2) is 0 Å². The summed E-state index contributed by atoms with van der Waals surface area (Å²) in [5.74, 6) is 1.77. The monoisotopic (exact) mass is 341 g/mol. The maximum Gasteiger partial charge on any atom is 0.120 e. The van der Waals surface area contributed by atoms with E-state index in [2.05, 4.69) is 17.0 Å². The van der Waals surface area contributed by atoms with Crippen molar-refractivity contribution in [3.05, 3.63) is 60.2 Å². The fourth-order valence-electron chi connectivity index (χ4n) is 2.83. The molecule has 1 heterocycles. The van der Waals surface area contributed by atoms with Gasteiger partial charge < -0.3 is 14.2 Å². The van der Waals surface area contributed by atoms with Crippen LogP contribution in [0.5, 0.6) is 11.5 Å². The van der Waals surface area contributed by atoms with E-state index in [-0.39, 0.29) is 0 Å². The van der Waals surface area contributed by atoms with Gasteiger partial charge in [0.2, 0.25) is 0 Å². The maximum absolute atomic E-state index is 5.81. The average Bonchev–Trinajstić information content (AvgIpc) is 2.69. The van der Waals surface area contributed by atoms with Crippen molar-refractivity contribution in [2.75, 3.05) is 39.5 Å². The van der Waals surface area contributed by atoms with E-state index in [4.69, 9.17) is 14.2 Å². The summed E-state index contributed by atoms with van der Waals surface area (Å²) in [6, 6.07) is 18.1. The van der Waals surface area contributed by atoms with Crippen LogP contribution in [0.1, 0.15) is 18.4 Å². The topological polar surface area (TPSA) is 30.9 Å². The maximum atomic E-state index is 5.81. The highest BCUT2D eigenvalue weighted by Gasteiger charge is 2.09. The van der Waals surface area contributed by atoms with Crippen LogP contribution in [-0.2, 0) is 11.3 Å². The first-order valence-corrected chi connectivity index (χ1v) is 9.10. The van der Waals surface area contributed by atoms with E-state index in [0.717, 1.165) is 63.8 Å². The molecular weight excluding hydrogens is 314 g/mol. The van der Waals surface area contributed by atoms with Crippen molar-refractivity contribution in [3.63, 3.8) is 0 Å². The number of nitrogens with zero attached hydrogens (tertiary/aromatic N) is 1. The molecule has 1 fully saturated rings. The summed E-state index contributed by atoms with van der Waals surface area (Å²) >= 11 is 0. The Bertz CT molecular complexity index is 594. The van der Waals surface area contributed by atoms with E-state index in [1.54, 1.807) is 0 Å². The summed E-state index contributed by atoms with van der Waals surface area (Å²) < 4.78 is 17.0. The molecule has 0 unspecified atom stereocenters. The molecular formula is C21H27NO3. The van der Waals surface area contributed by atoms with E-state index in [1.807, 2.05) is 42.5 Å². The summed E-state index contributed by atoms with van der Waals surface area (Å²) in [7, 11) is 0. The van der Waals surface area contributed by atoms with Gasteiger partial charge in [-0.15, -0.1) is 0 Å². The zero-order valence-corrected chi connectivity index (χ0v) is 14.7. The minimum atomic E-state index is 0.586. The van der Waals surface area contributed by atoms with Crippen LogP contribution in [0.4, 0.5) is 0 Å². The van der Waals surface area contributed by atoms with Crippen LogP contribution in [0.2, 0.25) is 0 Å². The summed E-state index contributed by atoms with van der Waals surface area (Å²) in [5, 5.41) is 0. The van der Waals surface area contributed by atoms with Crippen molar-refractivity contribution >= 4 is 0 Å². The largest absolute Gasteiger partial charge is 0.494 e. The van der Waals surface area contributed by atoms with E-state index in [0.29, 0.717) is 6.61 Å². The zero-order valence-electron chi connectivity index (χ0n) is 14.7. The highest BCUT2D eigenvalue weighted by Crippen LogP contribution is 2.19. The normalized spacial score (nSPS) is 15.0. The number of rotatable bonds is 9. The molecule has 0 bridgehead atoms. The van der Waals surface area contributed by atoms with E-state index in [1.165, 1.54) is 5.56 Å². The number of ether oxygens (including phenoxy) is 3. The van der Waals surface area contributed by atoms with Gasteiger partial charge in [-0.05, 0) is 49.2 Å². The molecule has 134 valence electrons. The van der Waals surface area contributed by atoms with E-state index >= 15 is 0 Å². The fourth-order valence-corrected chi connectivity index (χ4v) is 2.83. The number of hydrogen-bond donors (Lipinski definition) is 0. The number of unbranched alkanes of at least 4 members (excludes halogenated alkanes) is 1. The molecule has 0 amide bonds. The second-order valence-electron chi connectivity index (χ2n) is 6.26. The third-order valence-electron chi connectivity index (χ3n) is 4.31. The van der Waals surface area contributed by atoms with Gasteiger partial charge in [0.25, 0.3) is 0 Å². The van der Waals surface area contributed by atoms with Crippen molar-refractivity contribution in [2.45, 2.75) is 19.4 Å². The summed E-state index contributed by atoms with van der Waals surface area (Å²) in [4.78, 5) is 2.46. The highest BCUT2D eigenvalue weighted by molar-refractivity contribution is 5.31. The highest BCUT2D eigenvalue weighted by atomic mass is 16.5. The van der Waals surface area contributed by atoms with Gasteiger partial charge in [0.15, 0.2) is 0 Å². The lowest BCUT2D eigenvalue weighted by molar-refractivity contribution is 0.0368. The van der Waals surface area contributed by atoms with Crippen molar-refractivity contribution < 1.29 is 14.2 Å². The van der Waals surface area contributed by atoms with Gasteiger partial charge in [-0.1, -0.05) is 30.3 Å². The fraction of sp³-hybridized carbons (Fsp3) is 0.429. The predicted octanol–water partition coefficient (Wildman–Crippen LogP) is 3.76. The van der Waals surface area contributed by atoms with Crippen LogP contribution >= 0.6 is 0 Å². The Hall–Kier alpha value is -2.04. The molecule has 0 N–H and O–H groups in total. The molecule has 4 nitrogen and oxygen atoms in total. The Morgan fingerprint density at radius 1 is 0.800 bits per heavy atom. The first-order chi connectivity index (χ1) is 12.4. The Kier molecular flexibility index (Phi) is 7.16. The lowest BCUT2D eigenvalue weighted by Gasteiger charge is -2.26. The first kappa shape index (κ1) is 17.8. The van der Waals surface area contributed by atoms with Crippen LogP contribution in [0.3, 0.4) is 0 Å². The minimum Gasteiger partial charge on any atom is -0.494 e. The minimum absolute atomic E-state index is 0.586. The summed E-state index contributed by atoms with van der Waals surface area (Å²) in [6.45, 7) is 6.34. The molecule has 0 aromatic heterocycles. The molecule has 25 heavy (non-hydrogen) atoms. The van der Waals surface area contributed by atoms with Gasteiger partial charge in [0.05, 0.1) is 19.8 Å². The molecule has 0 aliphatic carbocycles. The molecule has 0 radical (unpaired) electrons. The quantitative estimate of drug-likeness (QED) is 0.650. The lowest BCUT2D eigenvalue weighted by Crippen LogP contribution is -2.36. The van der Waals surface area contributed by atoms with Crippen LogP contribution < -0.4 is 9.47 Å². The SMILES string of the molecule is c1ccc(COc2ccc(OCCCCN3CCOCC3)cc2)cc1. The summed E-state index contributed by atoms with van der Waals surface area (Å²) in [5.41, 5.74) is 1.17. The van der Waals surface area contributed by atoms with Gasteiger partial charge >= 0.3 is 0 Å². The average molecular weight is 341 g/mol. The van der Waals surface area contributed by atoms with Crippen molar-refractivity contribution in [1.82, 2.24) is 4.90 Å². The second-order valence-corrected chi connectivity index (χ2v) is 6.26. The molecule has 1 aliphatic heterocycles. The van der Waals surface area contributed by atoms with Crippen molar-refractivity contribution in [2.24, 2.45) is 0 Å². The molecule has 4 heteroatoms. The third-order valence-corrected chi connectivity index (χ3v) is 4.31. The zero-order chi connectivity index (χ0) is 17.2. The van der Waals surface area contributed by atoms with Gasteiger partial charge in [0.1, 0.15) is 18.1 Å². The Balaban J connectivity index is 1.30. The Morgan fingerprint density at radius 3 is 2.20 bits per heavy atom. The number of morpholine rings is 1. The molecule has 3 rings (SSSR count). The molecule has 0 saturated carbocycles. The predicted molar refractivity (Wildman–Crippen MR) is 99.2 cm³/mol. The first-order valence-electron chi connectivity index (χ1n) is 9.10. The van der Waals surface area contributed by atoms with Crippen LogP contribution in [0.25, 0.3) is 0 Å². The van der Waals surface area contributed by atoms with E-state index in [9.17, 15) is 0 Å². The van der Waals surface area contributed by atoms with Gasteiger partial charge in [0, 0.05) is 13.1 Å². The molecule has 2 aromatic carbocycles. The van der Waals surface area contributed by atoms with Crippen molar-refractivity contribution in [1.29, 1.82) is 0 Å². The molecule has 2 aromatic rings.